The highest BCUT2D eigenvalue weighted by Crippen LogP contribution is 2.32. The second-order valence-electron chi connectivity index (χ2n) is 9.13. The predicted octanol–water partition coefficient (Wildman–Crippen LogP) is 4.01. The van der Waals surface area contributed by atoms with Gasteiger partial charge in [-0.25, -0.2) is 15.0 Å². The second kappa shape index (κ2) is 9.82. The Labute approximate surface area is 215 Å². The monoisotopic (exact) mass is 486 g/mol. The number of aromatic nitrogens is 4. The molecule has 182 valence electrons. The maximum Gasteiger partial charge on any atom is 0.165 e. The quantitative estimate of drug-likeness (QED) is 0.386. The van der Waals surface area contributed by atoms with E-state index in [1.165, 1.54) is 5.56 Å². The molecule has 0 radical (unpaired) electrons. The third-order valence-corrected chi connectivity index (χ3v) is 6.68. The van der Waals surface area contributed by atoms with E-state index in [1.807, 2.05) is 47.0 Å². The molecule has 5 aromatic rings. The fraction of sp³-hybridized carbons (Fsp3) is 0.172. The van der Waals surface area contributed by atoms with Gasteiger partial charge in [-0.15, -0.1) is 0 Å². The van der Waals surface area contributed by atoms with E-state index in [2.05, 4.69) is 45.5 Å². The number of imidazole rings is 1. The number of hydrogen-bond donors (Lipinski definition) is 2. The van der Waals surface area contributed by atoms with Crippen molar-refractivity contribution in [1.82, 2.24) is 29.7 Å². The van der Waals surface area contributed by atoms with Crippen LogP contribution in [0.2, 0.25) is 0 Å². The number of nitrogens with one attached hydrogen (secondary N) is 1. The summed E-state index contributed by atoms with van der Waals surface area (Å²) < 4.78 is 2.04. The molecular weight excluding hydrogens is 460 g/mol. The highest BCUT2D eigenvalue weighted by molar-refractivity contribution is 5.84. The van der Waals surface area contributed by atoms with Crippen molar-refractivity contribution in [3.05, 3.63) is 90.1 Å². The van der Waals surface area contributed by atoms with Crippen molar-refractivity contribution in [2.45, 2.75) is 6.54 Å². The van der Waals surface area contributed by atoms with Crippen molar-refractivity contribution in [3.63, 3.8) is 0 Å². The fourth-order valence-corrected chi connectivity index (χ4v) is 4.78. The highest BCUT2D eigenvalue weighted by atomic mass is 15.2. The minimum absolute atomic E-state index is 0.413. The largest absolute Gasteiger partial charge is 0.383 e. The first-order valence-corrected chi connectivity index (χ1v) is 12.3. The molecule has 0 saturated carbocycles. The molecule has 1 fully saturated rings. The summed E-state index contributed by atoms with van der Waals surface area (Å²) >= 11 is 0. The molecule has 3 N–H and O–H groups in total. The minimum Gasteiger partial charge on any atom is -0.383 e. The van der Waals surface area contributed by atoms with Crippen LogP contribution in [0.5, 0.6) is 0 Å². The molecule has 4 heterocycles. The molecule has 0 unspecified atom stereocenters. The number of nitrogen functional groups attached to an aromatic ring is 1. The van der Waals surface area contributed by atoms with Crippen LogP contribution in [0.15, 0.2) is 79.0 Å². The van der Waals surface area contributed by atoms with Crippen LogP contribution in [0, 0.1) is 11.3 Å². The van der Waals surface area contributed by atoms with Crippen LogP contribution in [0.1, 0.15) is 11.1 Å². The summed E-state index contributed by atoms with van der Waals surface area (Å²) in [5, 5.41) is 12.8. The van der Waals surface area contributed by atoms with Gasteiger partial charge in [0.25, 0.3) is 0 Å². The molecule has 0 atom stereocenters. The number of pyridine rings is 2. The van der Waals surface area contributed by atoms with Crippen molar-refractivity contribution in [2.75, 3.05) is 31.9 Å². The lowest BCUT2D eigenvalue weighted by Crippen LogP contribution is -2.42. The molecule has 6 rings (SSSR count). The average Bonchev–Trinajstić information content (AvgIpc) is 3.33. The van der Waals surface area contributed by atoms with Crippen molar-refractivity contribution in [1.29, 1.82) is 5.26 Å². The first kappa shape index (κ1) is 22.9. The SMILES string of the molecule is N#Cc1cccc(-c2ccc3nc(-c4cccnc4N)n(-c4ccc(CN5CCNCC5)cc4)c3n2)c1. The van der Waals surface area contributed by atoms with Gasteiger partial charge < -0.3 is 11.1 Å². The van der Waals surface area contributed by atoms with Crippen LogP contribution in [0.4, 0.5) is 5.82 Å². The number of piperazine rings is 1. The molecule has 2 aromatic carbocycles. The van der Waals surface area contributed by atoms with E-state index < -0.39 is 0 Å². The predicted molar refractivity (Wildman–Crippen MR) is 145 cm³/mol. The van der Waals surface area contributed by atoms with Crippen molar-refractivity contribution >= 4 is 17.0 Å². The average molecular weight is 487 g/mol. The molecule has 0 bridgehead atoms. The van der Waals surface area contributed by atoms with Gasteiger partial charge >= 0.3 is 0 Å². The molecule has 1 saturated heterocycles. The number of nitriles is 1. The maximum absolute atomic E-state index is 9.35. The van der Waals surface area contributed by atoms with Gasteiger partial charge in [0.05, 0.1) is 22.9 Å². The van der Waals surface area contributed by atoms with Crippen LogP contribution in [-0.2, 0) is 6.54 Å². The van der Waals surface area contributed by atoms with E-state index in [0.29, 0.717) is 22.9 Å². The van der Waals surface area contributed by atoms with E-state index in [9.17, 15) is 5.26 Å². The summed E-state index contributed by atoms with van der Waals surface area (Å²) in [5.74, 6) is 1.10. The van der Waals surface area contributed by atoms with Crippen LogP contribution < -0.4 is 11.1 Å². The highest BCUT2D eigenvalue weighted by Gasteiger charge is 2.19. The summed E-state index contributed by atoms with van der Waals surface area (Å²) in [4.78, 5) is 16.7. The molecule has 1 aliphatic rings. The Kier molecular flexibility index (Phi) is 6.06. The first-order valence-electron chi connectivity index (χ1n) is 12.3. The molecule has 1 aliphatic heterocycles. The second-order valence-corrected chi connectivity index (χ2v) is 9.13. The Morgan fingerprint density at radius 3 is 2.57 bits per heavy atom. The molecule has 8 heteroatoms. The number of anilines is 1. The summed E-state index contributed by atoms with van der Waals surface area (Å²) in [6, 6.07) is 25.9. The van der Waals surface area contributed by atoms with Gasteiger partial charge in [0.1, 0.15) is 11.3 Å². The van der Waals surface area contributed by atoms with Gasteiger partial charge in [-0.05, 0) is 54.1 Å². The van der Waals surface area contributed by atoms with E-state index in [4.69, 9.17) is 15.7 Å². The van der Waals surface area contributed by atoms with Crippen LogP contribution in [0.3, 0.4) is 0 Å². The lowest BCUT2D eigenvalue weighted by Gasteiger charge is -2.27. The van der Waals surface area contributed by atoms with Crippen molar-refractivity contribution in [2.24, 2.45) is 0 Å². The minimum atomic E-state index is 0.413. The van der Waals surface area contributed by atoms with Gasteiger partial charge in [-0.1, -0.05) is 24.3 Å². The zero-order valence-electron chi connectivity index (χ0n) is 20.3. The number of nitrogens with zero attached hydrogens (tertiary/aromatic N) is 6. The Morgan fingerprint density at radius 1 is 0.946 bits per heavy atom. The van der Waals surface area contributed by atoms with Gasteiger partial charge in [-0.3, -0.25) is 9.47 Å². The fourth-order valence-electron chi connectivity index (χ4n) is 4.78. The third-order valence-electron chi connectivity index (χ3n) is 6.68. The summed E-state index contributed by atoms with van der Waals surface area (Å²) in [5.41, 5.74) is 12.9. The third kappa shape index (κ3) is 4.54. The Hall–Kier alpha value is -4.58. The van der Waals surface area contributed by atoms with Gasteiger partial charge in [0, 0.05) is 50.2 Å². The summed E-state index contributed by atoms with van der Waals surface area (Å²) in [6.07, 6.45) is 1.68. The Morgan fingerprint density at radius 2 is 1.78 bits per heavy atom. The molecule has 0 aliphatic carbocycles. The van der Waals surface area contributed by atoms with Crippen LogP contribution >= 0.6 is 0 Å². The van der Waals surface area contributed by atoms with Gasteiger partial charge in [0.15, 0.2) is 11.5 Å². The number of rotatable bonds is 5. The molecule has 3 aromatic heterocycles. The van der Waals surface area contributed by atoms with Gasteiger partial charge in [-0.2, -0.15) is 5.26 Å². The molecule has 0 spiro atoms. The molecule has 37 heavy (non-hydrogen) atoms. The van der Waals surface area contributed by atoms with E-state index in [-0.39, 0.29) is 0 Å². The summed E-state index contributed by atoms with van der Waals surface area (Å²) in [7, 11) is 0. The molecule has 0 amide bonds. The lowest BCUT2D eigenvalue weighted by atomic mass is 10.1. The Balaban J connectivity index is 1.47. The number of benzene rings is 2. The Bertz CT molecular complexity index is 1610. The number of nitrogens with two attached hydrogens (primary N) is 1. The lowest BCUT2D eigenvalue weighted by molar-refractivity contribution is 0.233. The van der Waals surface area contributed by atoms with E-state index in [0.717, 1.165) is 60.7 Å². The van der Waals surface area contributed by atoms with E-state index in [1.54, 1.807) is 12.3 Å². The zero-order chi connectivity index (χ0) is 25.2. The molecular formula is C29H26N8. The maximum atomic E-state index is 9.35. The van der Waals surface area contributed by atoms with Crippen molar-refractivity contribution in [3.8, 4) is 34.4 Å². The zero-order valence-corrected chi connectivity index (χ0v) is 20.3. The first-order chi connectivity index (χ1) is 18.2. The van der Waals surface area contributed by atoms with E-state index >= 15 is 0 Å². The van der Waals surface area contributed by atoms with Crippen molar-refractivity contribution < 1.29 is 0 Å². The van der Waals surface area contributed by atoms with Crippen LogP contribution in [-0.4, -0.2) is 50.6 Å². The standard InChI is InChI=1S/C29H26N8/c30-18-21-3-1-4-22(17-21)25-10-11-26-29(34-25)37(28(35-26)24-5-2-12-33-27(24)31)23-8-6-20(7-9-23)19-36-15-13-32-14-16-36/h1-12,17,32H,13-16,19H2,(H2,31,33). The van der Waals surface area contributed by atoms with Crippen LogP contribution in [0.25, 0.3) is 39.5 Å². The normalized spacial score (nSPS) is 14.0. The molecule has 8 nitrogen and oxygen atoms in total. The topological polar surface area (TPSA) is 109 Å². The number of hydrogen-bond acceptors (Lipinski definition) is 7. The summed E-state index contributed by atoms with van der Waals surface area (Å²) in [6.45, 7) is 5.09. The van der Waals surface area contributed by atoms with Gasteiger partial charge in [0.2, 0.25) is 0 Å². The number of fused-ring (bicyclic) bond motifs is 1. The smallest absolute Gasteiger partial charge is 0.165 e.